The smallest absolute Gasteiger partial charge is 0.141 e. The molecule has 0 saturated carbocycles. The molecule has 1 aromatic heterocycles. The van der Waals surface area contributed by atoms with Gasteiger partial charge in [-0.2, -0.15) is 0 Å². The first-order valence-corrected chi connectivity index (χ1v) is 6.63. The van der Waals surface area contributed by atoms with Gasteiger partial charge >= 0.3 is 0 Å². The van der Waals surface area contributed by atoms with E-state index in [1.807, 2.05) is 6.92 Å². The van der Waals surface area contributed by atoms with E-state index in [0.717, 1.165) is 11.8 Å². The molecule has 100 valence electrons. The largest absolute Gasteiger partial charge is 0.306 e. The van der Waals surface area contributed by atoms with Crippen LogP contribution in [0.1, 0.15) is 24.1 Å². The normalized spacial score (nSPS) is 12.4. The van der Waals surface area contributed by atoms with Crippen LogP contribution in [0.15, 0.2) is 41.1 Å². The number of rotatable bonds is 4. The van der Waals surface area contributed by atoms with Crippen molar-refractivity contribution >= 4 is 15.9 Å². The molecule has 1 heterocycles. The molecule has 1 unspecified atom stereocenters. The average Bonchev–Trinajstić information content (AvgIpc) is 2.37. The zero-order chi connectivity index (χ0) is 13.8. The van der Waals surface area contributed by atoms with Crippen LogP contribution in [-0.2, 0) is 6.54 Å². The summed E-state index contributed by atoms with van der Waals surface area (Å²) in [7, 11) is 0. The second kappa shape index (κ2) is 6.21. The third-order valence-corrected chi connectivity index (χ3v) is 3.33. The minimum atomic E-state index is -0.374. The lowest BCUT2D eigenvalue weighted by Gasteiger charge is -2.14. The van der Waals surface area contributed by atoms with Crippen molar-refractivity contribution in [1.82, 2.24) is 10.3 Å². The Morgan fingerprint density at radius 1 is 1.26 bits per heavy atom. The van der Waals surface area contributed by atoms with Crippen LogP contribution in [0.3, 0.4) is 0 Å². The predicted molar refractivity (Wildman–Crippen MR) is 73.5 cm³/mol. The molecule has 5 heteroatoms. The van der Waals surface area contributed by atoms with Crippen molar-refractivity contribution in [3.63, 3.8) is 0 Å². The number of aromatic nitrogens is 1. The molecule has 1 atom stereocenters. The van der Waals surface area contributed by atoms with Crippen LogP contribution in [0.4, 0.5) is 8.78 Å². The van der Waals surface area contributed by atoms with Gasteiger partial charge in [0.1, 0.15) is 11.6 Å². The van der Waals surface area contributed by atoms with Crippen LogP contribution in [0.25, 0.3) is 0 Å². The second-order valence-electron chi connectivity index (χ2n) is 4.27. The molecule has 0 amide bonds. The fourth-order valence-corrected chi connectivity index (χ4v) is 2.04. The van der Waals surface area contributed by atoms with Gasteiger partial charge in [0, 0.05) is 28.8 Å². The maximum Gasteiger partial charge on any atom is 0.141 e. The van der Waals surface area contributed by atoms with E-state index in [9.17, 15) is 8.78 Å². The number of hydrogen-bond donors (Lipinski definition) is 1. The second-order valence-corrected chi connectivity index (χ2v) is 5.19. The predicted octanol–water partition coefficient (Wildman–Crippen LogP) is 3.97. The van der Waals surface area contributed by atoms with E-state index in [1.54, 1.807) is 18.3 Å². The van der Waals surface area contributed by atoms with Gasteiger partial charge in [-0.15, -0.1) is 0 Å². The van der Waals surface area contributed by atoms with Gasteiger partial charge in [-0.05, 0) is 30.7 Å². The molecule has 2 aromatic rings. The summed E-state index contributed by atoms with van der Waals surface area (Å²) in [6.45, 7) is 2.25. The third-order valence-electron chi connectivity index (χ3n) is 2.84. The first kappa shape index (κ1) is 14.1. The Balaban J connectivity index is 2.02. The van der Waals surface area contributed by atoms with E-state index >= 15 is 0 Å². The van der Waals surface area contributed by atoms with Crippen molar-refractivity contribution in [1.29, 1.82) is 0 Å². The molecule has 1 N–H and O–H groups in total. The van der Waals surface area contributed by atoms with Crippen molar-refractivity contribution in [3.8, 4) is 0 Å². The molecule has 0 radical (unpaired) electrons. The highest BCUT2D eigenvalue weighted by molar-refractivity contribution is 9.10. The molecule has 2 rings (SSSR count). The van der Waals surface area contributed by atoms with Gasteiger partial charge in [0.25, 0.3) is 0 Å². The molecular weight excluding hydrogens is 314 g/mol. The molecule has 0 fully saturated rings. The van der Waals surface area contributed by atoms with Gasteiger partial charge in [0.15, 0.2) is 0 Å². The standard InChI is InChI=1S/C14H13BrF2N2/c1-9(11-4-13(16)8-18-6-11)19-7-10-2-3-12(15)5-14(10)17/h2-6,8-9,19H,7H2,1H3. The molecule has 0 aliphatic heterocycles. The van der Waals surface area contributed by atoms with E-state index < -0.39 is 0 Å². The summed E-state index contributed by atoms with van der Waals surface area (Å²) in [6.07, 6.45) is 2.75. The maximum atomic E-state index is 13.6. The van der Waals surface area contributed by atoms with E-state index in [-0.39, 0.29) is 17.7 Å². The van der Waals surface area contributed by atoms with Crippen LogP contribution in [0, 0.1) is 11.6 Å². The molecule has 0 aliphatic rings. The monoisotopic (exact) mass is 326 g/mol. The molecule has 0 saturated heterocycles. The Kier molecular flexibility index (Phi) is 4.61. The summed E-state index contributed by atoms with van der Waals surface area (Å²) in [5.41, 5.74) is 1.30. The number of benzene rings is 1. The number of nitrogens with one attached hydrogen (secondary N) is 1. The van der Waals surface area contributed by atoms with Crippen molar-refractivity contribution in [2.75, 3.05) is 0 Å². The van der Waals surface area contributed by atoms with Crippen LogP contribution in [0.2, 0.25) is 0 Å². The number of halogens is 3. The Hall–Kier alpha value is -1.33. The minimum Gasteiger partial charge on any atom is -0.306 e. The number of nitrogens with zero attached hydrogens (tertiary/aromatic N) is 1. The summed E-state index contributed by atoms with van der Waals surface area (Å²) < 4.78 is 27.4. The fraction of sp³-hybridized carbons (Fsp3) is 0.214. The maximum absolute atomic E-state index is 13.6. The fourth-order valence-electron chi connectivity index (χ4n) is 1.71. The quantitative estimate of drug-likeness (QED) is 0.919. The van der Waals surface area contributed by atoms with Gasteiger partial charge in [-0.1, -0.05) is 22.0 Å². The van der Waals surface area contributed by atoms with E-state index in [2.05, 4.69) is 26.2 Å². The lowest BCUT2D eigenvalue weighted by molar-refractivity contribution is 0.537. The summed E-state index contributed by atoms with van der Waals surface area (Å²) in [5, 5.41) is 3.14. The third kappa shape index (κ3) is 3.81. The average molecular weight is 327 g/mol. The lowest BCUT2D eigenvalue weighted by atomic mass is 10.1. The van der Waals surface area contributed by atoms with Crippen molar-refractivity contribution in [3.05, 3.63) is 63.9 Å². The number of hydrogen-bond acceptors (Lipinski definition) is 2. The summed E-state index contributed by atoms with van der Waals surface area (Å²) in [6, 6.07) is 6.23. The summed E-state index contributed by atoms with van der Waals surface area (Å²) in [5.74, 6) is -0.646. The molecule has 19 heavy (non-hydrogen) atoms. The van der Waals surface area contributed by atoms with Crippen LogP contribution < -0.4 is 5.32 Å². The topological polar surface area (TPSA) is 24.9 Å². The van der Waals surface area contributed by atoms with Gasteiger partial charge in [-0.25, -0.2) is 8.78 Å². The zero-order valence-corrected chi connectivity index (χ0v) is 11.9. The van der Waals surface area contributed by atoms with Crippen molar-refractivity contribution in [2.45, 2.75) is 19.5 Å². The van der Waals surface area contributed by atoms with Crippen LogP contribution in [0.5, 0.6) is 0 Å². The SMILES string of the molecule is CC(NCc1ccc(Br)cc1F)c1cncc(F)c1. The zero-order valence-electron chi connectivity index (χ0n) is 10.3. The van der Waals surface area contributed by atoms with Crippen LogP contribution in [-0.4, -0.2) is 4.98 Å². The van der Waals surface area contributed by atoms with Gasteiger partial charge in [0.2, 0.25) is 0 Å². The molecule has 2 nitrogen and oxygen atoms in total. The molecular formula is C14H13BrF2N2. The van der Waals surface area contributed by atoms with E-state index in [0.29, 0.717) is 16.6 Å². The Labute approximate surface area is 119 Å². The lowest BCUT2D eigenvalue weighted by Crippen LogP contribution is -2.19. The van der Waals surface area contributed by atoms with Gasteiger partial charge < -0.3 is 5.32 Å². The Morgan fingerprint density at radius 3 is 2.74 bits per heavy atom. The highest BCUT2D eigenvalue weighted by atomic mass is 79.9. The van der Waals surface area contributed by atoms with E-state index in [1.165, 1.54) is 12.1 Å². The van der Waals surface area contributed by atoms with Crippen molar-refractivity contribution in [2.24, 2.45) is 0 Å². The molecule has 0 bridgehead atoms. The minimum absolute atomic E-state index is 0.105. The number of pyridine rings is 1. The summed E-state index contributed by atoms with van der Waals surface area (Å²) in [4.78, 5) is 3.79. The summed E-state index contributed by atoms with van der Waals surface area (Å²) >= 11 is 3.21. The Bertz CT molecular complexity index is 575. The highest BCUT2D eigenvalue weighted by Gasteiger charge is 2.08. The molecule has 0 spiro atoms. The van der Waals surface area contributed by atoms with E-state index in [4.69, 9.17) is 0 Å². The molecule has 0 aliphatic carbocycles. The van der Waals surface area contributed by atoms with Gasteiger partial charge in [-0.3, -0.25) is 4.98 Å². The highest BCUT2D eigenvalue weighted by Crippen LogP contribution is 2.17. The Morgan fingerprint density at radius 2 is 2.05 bits per heavy atom. The first-order valence-electron chi connectivity index (χ1n) is 5.84. The first-order chi connectivity index (χ1) is 9.06. The van der Waals surface area contributed by atoms with Crippen LogP contribution >= 0.6 is 15.9 Å². The molecule has 1 aromatic carbocycles. The van der Waals surface area contributed by atoms with Crippen molar-refractivity contribution < 1.29 is 8.78 Å². The van der Waals surface area contributed by atoms with Gasteiger partial charge in [0.05, 0.1) is 6.20 Å².